The van der Waals surface area contributed by atoms with Gasteiger partial charge in [0.15, 0.2) is 0 Å². The van der Waals surface area contributed by atoms with E-state index in [1.165, 1.54) is 0 Å². The Morgan fingerprint density at radius 2 is 1.75 bits per heavy atom. The molecular formula is C10H21NO. The van der Waals surface area contributed by atoms with Crippen LogP contribution in [0.4, 0.5) is 0 Å². The number of ketones is 1. The summed E-state index contributed by atoms with van der Waals surface area (Å²) in [6.45, 7) is 10.1. The normalized spacial score (nSPS) is 14.9. The van der Waals surface area contributed by atoms with Crippen LogP contribution in [0.5, 0.6) is 0 Å². The Bertz CT molecular complexity index is 156. The van der Waals surface area contributed by atoms with Gasteiger partial charge in [0.25, 0.3) is 0 Å². The van der Waals surface area contributed by atoms with Gasteiger partial charge in [-0.1, -0.05) is 34.6 Å². The summed E-state index contributed by atoms with van der Waals surface area (Å²) in [5.74, 6) is 0.428. The first-order valence-corrected chi connectivity index (χ1v) is 4.52. The highest BCUT2D eigenvalue weighted by molar-refractivity contribution is 5.84. The van der Waals surface area contributed by atoms with Crippen LogP contribution in [0.25, 0.3) is 0 Å². The Morgan fingerprint density at radius 3 is 2.00 bits per heavy atom. The van der Waals surface area contributed by atoms with E-state index < -0.39 is 0 Å². The van der Waals surface area contributed by atoms with Gasteiger partial charge in [0, 0.05) is 6.42 Å². The summed E-state index contributed by atoms with van der Waals surface area (Å²) < 4.78 is 0. The van der Waals surface area contributed by atoms with E-state index in [1.54, 1.807) is 0 Å². The van der Waals surface area contributed by atoms with E-state index in [9.17, 15) is 4.79 Å². The summed E-state index contributed by atoms with van der Waals surface area (Å²) in [7, 11) is 0. The van der Waals surface area contributed by atoms with Crippen LogP contribution in [-0.2, 0) is 4.79 Å². The van der Waals surface area contributed by atoms with E-state index in [1.807, 2.05) is 13.8 Å². The third kappa shape index (κ3) is 4.50. The Balaban J connectivity index is 4.05. The quantitative estimate of drug-likeness (QED) is 0.705. The minimum atomic E-state index is -0.288. The van der Waals surface area contributed by atoms with Crippen molar-refractivity contribution < 1.29 is 4.79 Å². The molecule has 0 bridgehead atoms. The molecule has 0 heterocycles. The van der Waals surface area contributed by atoms with Gasteiger partial charge in [-0.15, -0.1) is 0 Å². The van der Waals surface area contributed by atoms with Crippen molar-refractivity contribution in [2.75, 3.05) is 0 Å². The lowest BCUT2D eigenvalue weighted by Crippen LogP contribution is -2.37. The van der Waals surface area contributed by atoms with E-state index >= 15 is 0 Å². The van der Waals surface area contributed by atoms with Crippen LogP contribution < -0.4 is 5.73 Å². The third-order valence-corrected chi connectivity index (χ3v) is 1.79. The zero-order valence-electron chi connectivity index (χ0n) is 8.85. The topological polar surface area (TPSA) is 43.1 Å². The molecule has 0 fully saturated rings. The maximum Gasteiger partial charge on any atom is 0.150 e. The first-order valence-electron chi connectivity index (χ1n) is 4.52. The Labute approximate surface area is 75.5 Å². The zero-order chi connectivity index (χ0) is 9.94. The second-order valence-corrected chi connectivity index (χ2v) is 4.97. The van der Waals surface area contributed by atoms with E-state index in [2.05, 4.69) is 20.8 Å². The van der Waals surface area contributed by atoms with Crippen LogP contribution in [0, 0.1) is 11.3 Å². The first-order chi connectivity index (χ1) is 5.24. The van der Waals surface area contributed by atoms with Gasteiger partial charge < -0.3 is 5.73 Å². The average Bonchev–Trinajstić information content (AvgIpc) is 1.82. The average molecular weight is 171 g/mol. The SMILES string of the molecule is CC(C)C(N)C(=O)CC(C)(C)C. The molecule has 12 heavy (non-hydrogen) atoms. The van der Waals surface area contributed by atoms with Gasteiger partial charge in [-0.3, -0.25) is 4.79 Å². The van der Waals surface area contributed by atoms with Crippen molar-refractivity contribution in [3.63, 3.8) is 0 Å². The number of Topliss-reactive ketones (excluding diaryl/α,β-unsaturated/α-hetero) is 1. The molecule has 0 amide bonds. The highest BCUT2D eigenvalue weighted by atomic mass is 16.1. The summed E-state index contributed by atoms with van der Waals surface area (Å²) in [5, 5.41) is 0. The fourth-order valence-corrected chi connectivity index (χ4v) is 1.01. The van der Waals surface area contributed by atoms with Crippen molar-refractivity contribution in [1.82, 2.24) is 0 Å². The highest BCUT2D eigenvalue weighted by Gasteiger charge is 2.22. The molecule has 0 radical (unpaired) electrons. The van der Waals surface area contributed by atoms with Gasteiger partial charge in [0.2, 0.25) is 0 Å². The molecule has 0 aromatic heterocycles. The van der Waals surface area contributed by atoms with E-state index in [0.717, 1.165) is 0 Å². The van der Waals surface area contributed by atoms with Gasteiger partial charge in [0.05, 0.1) is 6.04 Å². The number of carbonyl (C=O) groups is 1. The molecule has 0 aliphatic heterocycles. The lowest BCUT2D eigenvalue weighted by Gasteiger charge is -2.21. The number of hydrogen-bond donors (Lipinski definition) is 1. The monoisotopic (exact) mass is 171 g/mol. The largest absolute Gasteiger partial charge is 0.321 e. The summed E-state index contributed by atoms with van der Waals surface area (Å²) >= 11 is 0. The fourth-order valence-electron chi connectivity index (χ4n) is 1.01. The van der Waals surface area contributed by atoms with Gasteiger partial charge in [-0.25, -0.2) is 0 Å². The second kappa shape index (κ2) is 4.04. The minimum Gasteiger partial charge on any atom is -0.321 e. The lowest BCUT2D eigenvalue weighted by atomic mass is 9.85. The molecule has 0 aliphatic carbocycles. The van der Waals surface area contributed by atoms with Crippen molar-refractivity contribution >= 4 is 5.78 Å². The van der Waals surface area contributed by atoms with Crippen molar-refractivity contribution in [2.45, 2.75) is 47.1 Å². The summed E-state index contributed by atoms with van der Waals surface area (Å²) in [4.78, 5) is 11.5. The second-order valence-electron chi connectivity index (χ2n) is 4.97. The van der Waals surface area contributed by atoms with E-state index in [0.29, 0.717) is 6.42 Å². The van der Waals surface area contributed by atoms with Crippen LogP contribution in [0.15, 0.2) is 0 Å². The smallest absolute Gasteiger partial charge is 0.150 e. The summed E-state index contributed by atoms with van der Waals surface area (Å²) in [6.07, 6.45) is 0.576. The third-order valence-electron chi connectivity index (χ3n) is 1.79. The molecule has 1 atom stereocenters. The summed E-state index contributed by atoms with van der Waals surface area (Å²) in [5.41, 5.74) is 5.78. The minimum absolute atomic E-state index is 0.0591. The first kappa shape index (κ1) is 11.6. The molecular weight excluding hydrogens is 150 g/mol. The van der Waals surface area contributed by atoms with Gasteiger partial charge >= 0.3 is 0 Å². The Kier molecular flexibility index (Phi) is 3.91. The van der Waals surface area contributed by atoms with Crippen molar-refractivity contribution in [3.8, 4) is 0 Å². The van der Waals surface area contributed by atoms with Gasteiger partial charge in [-0.2, -0.15) is 0 Å². The highest BCUT2D eigenvalue weighted by Crippen LogP contribution is 2.20. The molecule has 2 N–H and O–H groups in total. The number of carbonyl (C=O) groups excluding carboxylic acids is 1. The molecule has 0 aromatic rings. The van der Waals surface area contributed by atoms with Crippen LogP contribution in [0.2, 0.25) is 0 Å². The number of rotatable bonds is 3. The summed E-state index contributed by atoms with van der Waals surface area (Å²) in [6, 6.07) is -0.288. The molecule has 0 rings (SSSR count). The van der Waals surface area contributed by atoms with E-state index in [4.69, 9.17) is 5.73 Å². The Morgan fingerprint density at radius 1 is 1.33 bits per heavy atom. The van der Waals surface area contributed by atoms with Gasteiger partial charge in [0.1, 0.15) is 5.78 Å². The van der Waals surface area contributed by atoms with Gasteiger partial charge in [-0.05, 0) is 11.3 Å². The predicted molar refractivity (Wildman–Crippen MR) is 51.9 cm³/mol. The molecule has 72 valence electrons. The van der Waals surface area contributed by atoms with Crippen LogP contribution in [0.3, 0.4) is 0 Å². The molecule has 0 aromatic carbocycles. The number of hydrogen-bond acceptors (Lipinski definition) is 2. The zero-order valence-corrected chi connectivity index (χ0v) is 8.85. The van der Waals surface area contributed by atoms with Crippen LogP contribution in [-0.4, -0.2) is 11.8 Å². The molecule has 2 heteroatoms. The van der Waals surface area contributed by atoms with Crippen molar-refractivity contribution in [3.05, 3.63) is 0 Å². The van der Waals surface area contributed by atoms with Crippen LogP contribution >= 0.6 is 0 Å². The molecule has 2 nitrogen and oxygen atoms in total. The Hall–Kier alpha value is -0.370. The predicted octanol–water partition coefficient (Wildman–Crippen LogP) is 1.97. The van der Waals surface area contributed by atoms with Crippen molar-refractivity contribution in [2.24, 2.45) is 17.1 Å². The standard InChI is InChI=1S/C10H21NO/c1-7(2)9(11)8(12)6-10(3,4)5/h7,9H,6,11H2,1-5H3. The number of nitrogens with two attached hydrogens (primary N) is 1. The fraction of sp³-hybridized carbons (Fsp3) is 0.900. The van der Waals surface area contributed by atoms with Crippen molar-refractivity contribution in [1.29, 1.82) is 0 Å². The maximum absolute atomic E-state index is 11.5. The molecule has 1 unspecified atom stereocenters. The van der Waals surface area contributed by atoms with Crippen LogP contribution in [0.1, 0.15) is 41.0 Å². The molecule has 0 saturated carbocycles. The van der Waals surface area contributed by atoms with E-state index in [-0.39, 0.29) is 23.2 Å². The lowest BCUT2D eigenvalue weighted by molar-refractivity contribution is -0.122. The molecule has 0 aliphatic rings. The maximum atomic E-state index is 11.5. The molecule has 0 saturated heterocycles. The molecule has 0 spiro atoms.